The molecule has 0 spiro atoms. The molecule has 0 unspecified atom stereocenters. The SMILES string of the molecule is CCNCCNC(=O)c1cc(-c2ccc3c(c2)OCCO3)nc2ccccc12.Cl.Cl. The highest BCUT2D eigenvalue weighted by Crippen LogP contribution is 2.35. The number of hydrogen-bond donors (Lipinski definition) is 2. The predicted octanol–water partition coefficient (Wildman–Crippen LogP) is 3.86. The van der Waals surface area contributed by atoms with Crippen LogP contribution in [-0.4, -0.2) is 43.7 Å². The van der Waals surface area contributed by atoms with E-state index in [0.717, 1.165) is 41.0 Å². The summed E-state index contributed by atoms with van der Waals surface area (Å²) in [7, 11) is 0. The molecule has 1 aliphatic rings. The largest absolute Gasteiger partial charge is 0.486 e. The molecular formula is C22H25Cl2N3O3. The van der Waals surface area contributed by atoms with Gasteiger partial charge >= 0.3 is 0 Å². The Kier molecular flexibility index (Phi) is 8.72. The summed E-state index contributed by atoms with van der Waals surface area (Å²) in [5.74, 6) is 1.34. The van der Waals surface area contributed by atoms with E-state index >= 15 is 0 Å². The van der Waals surface area contributed by atoms with Gasteiger partial charge in [-0.25, -0.2) is 4.98 Å². The third-order valence-corrected chi connectivity index (χ3v) is 4.64. The van der Waals surface area contributed by atoms with E-state index < -0.39 is 0 Å². The van der Waals surface area contributed by atoms with Gasteiger partial charge in [0.25, 0.3) is 5.91 Å². The summed E-state index contributed by atoms with van der Waals surface area (Å²) in [6.45, 7) is 5.31. The fraction of sp³-hybridized carbons (Fsp3) is 0.273. The molecule has 1 aromatic heterocycles. The number of benzene rings is 2. The monoisotopic (exact) mass is 449 g/mol. The molecule has 0 radical (unpaired) electrons. The van der Waals surface area contributed by atoms with E-state index in [1.807, 2.05) is 55.5 Å². The van der Waals surface area contributed by atoms with Crippen LogP contribution in [0.15, 0.2) is 48.5 Å². The lowest BCUT2D eigenvalue weighted by molar-refractivity contribution is 0.0955. The topological polar surface area (TPSA) is 72.5 Å². The van der Waals surface area contributed by atoms with Crippen molar-refractivity contribution in [1.29, 1.82) is 0 Å². The van der Waals surface area contributed by atoms with E-state index in [-0.39, 0.29) is 30.7 Å². The van der Waals surface area contributed by atoms with Gasteiger partial charge in [-0.1, -0.05) is 25.1 Å². The quantitative estimate of drug-likeness (QED) is 0.559. The predicted molar refractivity (Wildman–Crippen MR) is 124 cm³/mol. The number of rotatable bonds is 6. The first-order chi connectivity index (χ1) is 13.8. The highest BCUT2D eigenvalue weighted by molar-refractivity contribution is 6.07. The van der Waals surface area contributed by atoms with Crippen LogP contribution in [0.25, 0.3) is 22.2 Å². The van der Waals surface area contributed by atoms with Gasteiger partial charge in [0.15, 0.2) is 11.5 Å². The molecule has 3 aromatic rings. The highest BCUT2D eigenvalue weighted by Gasteiger charge is 2.16. The molecule has 0 fully saturated rings. The zero-order valence-electron chi connectivity index (χ0n) is 16.6. The van der Waals surface area contributed by atoms with Gasteiger partial charge in [0.1, 0.15) is 13.2 Å². The number of nitrogens with one attached hydrogen (secondary N) is 2. The smallest absolute Gasteiger partial charge is 0.252 e. The molecule has 6 nitrogen and oxygen atoms in total. The molecule has 8 heteroatoms. The van der Waals surface area contributed by atoms with Crippen LogP contribution in [0.5, 0.6) is 11.5 Å². The molecule has 160 valence electrons. The van der Waals surface area contributed by atoms with Gasteiger partial charge in [-0.2, -0.15) is 0 Å². The van der Waals surface area contributed by atoms with E-state index in [9.17, 15) is 4.79 Å². The van der Waals surface area contributed by atoms with E-state index in [1.54, 1.807) is 0 Å². The lowest BCUT2D eigenvalue weighted by Crippen LogP contribution is -2.31. The molecule has 0 saturated heterocycles. The second kappa shape index (κ2) is 11.0. The molecule has 4 rings (SSSR count). The zero-order valence-corrected chi connectivity index (χ0v) is 18.3. The number of para-hydroxylation sites is 1. The summed E-state index contributed by atoms with van der Waals surface area (Å²) in [5.41, 5.74) is 3.02. The molecule has 0 aliphatic carbocycles. The highest BCUT2D eigenvalue weighted by atomic mass is 35.5. The first-order valence-electron chi connectivity index (χ1n) is 9.55. The standard InChI is InChI=1S/C22H23N3O3.2ClH/c1-2-23-9-10-24-22(26)17-14-19(25-18-6-4-3-5-16(17)18)15-7-8-20-21(13-15)28-12-11-27-20;;/h3-8,13-14,23H,2,9-12H2,1H3,(H,24,26);2*1H. The van der Waals surface area contributed by atoms with Crippen LogP contribution >= 0.6 is 24.8 Å². The Labute approximate surface area is 188 Å². The Morgan fingerprint density at radius 3 is 2.57 bits per heavy atom. The zero-order chi connectivity index (χ0) is 19.3. The maximum absolute atomic E-state index is 12.8. The van der Waals surface area contributed by atoms with Gasteiger partial charge in [0.2, 0.25) is 0 Å². The number of carbonyl (C=O) groups is 1. The maximum atomic E-state index is 12.8. The Morgan fingerprint density at radius 2 is 1.77 bits per heavy atom. The summed E-state index contributed by atoms with van der Waals surface area (Å²) >= 11 is 0. The molecule has 2 N–H and O–H groups in total. The molecule has 30 heavy (non-hydrogen) atoms. The average molecular weight is 450 g/mol. The van der Waals surface area contributed by atoms with E-state index in [4.69, 9.17) is 14.5 Å². The Bertz CT molecular complexity index is 1010. The molecular weight excluding hydrogens is 425 g/mol. The number of ether oxygens (including phenoxy) is 2. The number of fused-ring (bicyclic) bond motifs is 2. The van der Waals surface area contributed by atoms with Crippen molar-refractivity contribution >= 4 is 41.6 Å². The second-order valence-electron chi connectivity index (χ2n) is 6.54. The van der Waals surface area contributed by atoms with Gasteiger partial charge in [-0.15, -0.1) is 24.8 Å². The molecule has 0 atom stereocenters. The number of carbonyl (C=O) groups excluding carboxylic acids is 1. The van der Waals surface area contributed by atoms with Gasteiger partial charge in [-0.3, -0.25) is 4.79 Å². The van der Waals surface area contributed by atoms with E-state index in [2.05, 4.69) is 10.6 Å². The minimum Gasteiger partial charge on any atom is -0.486 e. The van der Waals surface area contributed by atoms with Crippen molar-refractivity contribution in [3.63, 3.8) is 0 Å². The summed E-state index contributed by atoms with van der Waals surface area (Å²) in [6, 6.07) is 15.3. The Morgan fingerprint density at radius 1 is 1.00 bits per heavy atom. The fourth-order valence-corrected chi connectivity index (χ4v) is 3.25. The van der Waals surface area contributed by atoms with Gasteiger partial charge in [-0.05, 0) is 36.9 Å². The molecule has 1 amide bonds. The van der Waals surface area contributed by atoms with Gasteiger partial charge < -0.3 is 20.1 Å². The van der Waals surface area contributed by atoms with Crippen LogP contribution in [0.3, 0.4) is 0 Å². The Balaban J connectivity index is 0.00000160. The first-order valence-corrected chi connectivity index (χ1v) is 9.55. The molecule has 0 saturated carbocycles. The van der Waals surface area contributed by atoms with Gasteiger partial charge in [0, 0.05) is 24.0 Å². The van der Waals surface area contributed by atoms with Crippen LogP contribution in [-0.2, 0) is 0 Å². The summed E-state index contributed by atoms with van der Waals surface area (Å²) in [6.07, 6.45) is 0. The number of pyridine rings is 1. The van der Waals surface area contributed by atoms with E-state index in [0.29, 0.717) is 31.1 Å². The number of hydrogen-bond acceptors (Lipinski definition) is 5. The summed E-state index contributed by atoms with van der Waals surface area (Å²) in [5, 5.41) is 7.02. The molecule has 2 heterocycles. The van der Waals surface area contributed by atoms with Crippen molar-refractivity contribution in [3.8, 4) is 22.8 Å². The van der Waals surface area contributed by atoms with Crippen LogP contribution in [0.4, 0.5) is 0 Å². The van der Waals surface area contributed by atoms with Crippen LogP contribution < -0.4 is 20.1 Å². The molecule has 1 aliphatic heterocycles. The number of likely N-dealkylation sites (N-methyl/N-ethyl adjacent to an activating group) is 1. The minimum atomic E-state index is -0.102. The normalized spacial score (nSPS) is 11.9. The van der Waals surface area contributed by atoms with Crippen molar-refractivity contribution in [2.75, 3.05) is 32.8 Å². The number of nitrogens with zero attached hydrogens (tertiary/aromatic N) is 1. The number of amides is 1. The minimum absolute atomic E-state index is 0. The summed E-state index contributed by atoms with van der Waals surface area (Å²) < 4.78 is 11.3. The number of halogens is 2. The molecule has 0 bridgehead atoms. The third kappa shape index (κ3) is 5.14. The van der Waals surface area contributed by atoms with E-state index in [1.165, 1.54) is 0 Å². The second-order valence-corrected chi connectivity index (χ2v) is 6.54. The first kappa shape index (κ1) is 23.7. The van der Waals surface area contributed by atoms with Crippen LogP contribution in [0.1, 0.15) is 17.3 Å². The Hall–Kier alpha value is -2.54. The van der Waals surface area contributed by atoms with Crippen LogP contribution in [0, 0.1) is 0 Å². The lowest BCUT2D eigenvalue weighted by Gasteiger charge is -2.19. The van der Waals surface area contributed by atoms with Crippen LogP contribution in [0.2, 0.25) is 0 Å². The van der Waals surface area contributed by atoms with Crippen molar-refractivity contribution < 1.29 is 14.3 Å². The average Bonchev–Trinajstić information content (AvgIpc) is 2.75. The van der Waals surface area contributed by atoms with Crippen molar-refractivity contribution in [2.45, 2.75) is 6.92 Å². The van der Waals surface area contributed by atoms with Gasteiger partial charge in [0.05, 0.1) is 16.8 Å². The molecule has 2 aromatic carbocycles. The lowest BCUT2D eigenvalue weighted by atomic mass is 10.0. The van der Waals surface area contributed by atoms with Crippen molar-refractivity contribution in [1.82, 2.24) is 15.6 Å². The summed E-state index contributed by atoms with van der Waals surface area (Å²) in [4.78, 5) is 17.6. The van der Waals surface area contributed by atoms with Crippen molar-refractivity contribution in [2.24, 2.45) is 0 Å². The fourth-order valence-electron chi connectivity index (χ4n) is 3.25. The van der Waals surface area contributed by atoms with Crippen molar-refractivity contribution in [3.05, 3.63) is 54.1 Å². The maximum Gasteiger partial charge on any atom is 0.252 e. The number of aromatic nitrogens is 1. The third-order valence-electron chi connectivity index (χ3n) is 4.64.